The molecule has 2 aromatic carbocycles. The summed E-state index contributed by atoms with van der Waals surface area (Å²) in [6.07, 6.45) is 3.75. The molecular formula is C23H23N3O3. The summed E-state index contributed by atoms with van der Waals surface area (Å²) in [5.74, 6) is 2.13. The van der Waals surface area contributed by atoms with Gasteiger partial charge in [-0.1, -0.05) is 0 Å². The van der Waals surface area contributed by atoms with Gasteiger partial charge in [-0.05, 0) is 74.2 Å². The summed E-state index contributed by atoms with van der Waals surface area (Å²) in [6, 6.07) is 13.2. The minimum atomic E-state index is -0.182. The van der Waals surface area contributed by atoms with E-state index in [1.165, 1.54) is 19.3 Å². The Balaban J connectivity index is 1.39. The van der Waals surface area contributed by atoms with Crippen LogP contribution in [-0.2, 0) is 0 Å². The predicted octanol–water partition coefficient (Wildman–Crippen LogP) is 4.51. The van der Waals surface area contributed by atoms with E-state index in [9.17, 15) is 4.79 Å². The molecule has 1 N–H and O–H groups in total. The van der Waals surface area contributed by atoms with Crippen molar-refractivity contribution >= 4 is 28.3 Å². The molecule has 0 spiro atoms. The summed E-state index contributed by atoms with van der Waals surface area (Å²) in [5.41, 5.74) is 3.39. The Labute approximate surface area is 169 Å². The van der Waals surface area contributed by atoms with Crippen LogP contribution in [0.2, 0.25) is 0 Å². The largest absolute Gasteiger partial charge is 0.454 e. The molecule has 3 heterocycles. The molecule has 1 fully saturated rings. The van der Waals surface area contributed by atoms with Crippen LogP contribution >= 0.6 is 0 Å². The lowest BCUT2D eigenvalue weighted by atomic mass is 10.1. The maximum absolute atomic E-state index is 12.7. The van der Waals surface area contributed by atoms with Crippen LogP contribution < -0.4 is 19.7 Å². The van der Waals surface area contributed by atoms with Gasteiger partial charge in [0.1, 0.15) is 5.82 Å². The van der Waals surface area contributed by atoms with Crippen LogP contribution in [0.1, 0.15) is 35.2 Å². The van der Waals surface area contributed by atoms with Gasteiger partial charge in [0.05, 0.1) is 5.52 Å². The highest BCUT2D eigenvalue weighted by molar-refractivity contribution is 6.05. The van der Waals surface area contributed by atoms with Crippen LogP contribution in [0.5, 0.6) is 11.5 Å². The number of carbonyl (C=O) groups is 1. The van der Waals surface area contributed by atoms with Gasteiger partial charge in [0, 0.05) is 29.7 Å². The summed E-state index contributed by atoms with van der Waals surface area (Å²) in [5, 5.41) is 4.02. The Hall–Kier alpha value is -3.28. The third-order valence-corrected chi connectivity index (χ3v) is 5.57. The Morgan fingerprint density at radius 3 is 2.69 bits per heavy atom. The normalized spacial score (nSPS) is 15.6. The van der Waals surface area contributed by atoms with Gasteiger partial charge in [-0.25, -0.2) is 4.98 Å². The van der Waals surface area contributed by atoms with Crippen LogP contribution in [0, 0.1) is 6.92 Å². The molecule has 29 heavy (non-hydrogen) atoms. The smallest absolute Gasteiger partial charge is 0.255 e. The Morgan fingerprint density at radius 1 is 1.00 bits per heavy atom. The maximum atomic E-state index is 12.7. The van der Waals surface area contributed by atoms with E-state index in [-0.39, 0.29) is 12.7 Å². The van der Waals surface area contributed by atoms with Crippen molar-refractivity contribution in [2.75, 3.05) is 30.1 Å². The molecule has 0 aliphatic carbocycles. The fourth-order valence-electron chi connectivity index (χ4n) is 3.98. The summed E-state index contributed by atoms with van der Waals surface area (Å²) >= 11 is 0. The van der Waals surface area contributed by atoms with Gasteiger partial charge in [-0.2, -0.15) is 0 Å². The fraction of sp³-hybridized carbons (Fsp3) is 0.304. The lowest BCUT2D eigenvalue weighted by molar-refractivity contribution is 0.102. The first-order valence-electron chi connectivity index (χ1n) is 10.0. The molecule has 2 aliphatic rings. The lowest BCUT2D eigenvalue weighted by Crippen LogP contribution is -2.30. The molecule has 2 aliphatic heterocycles. The number of anilines is 2. The number of carbonyl (C=O) groups excluding carboxylic acids is 1. The van der Waals surface area contributed by atoms with Gasteiger partial charge in [-0.3, -0.25) is 4.79 Å². The third-order valence-electron chi connectivity index (χ3n) is 5.57. The van der Waals surface area contributed by atoms with Crippen LogP contribution in [-0.4, -0.2) is 30.8 Å². The van der Waals surface area contributed by atoms with Gasteiger partial charge in [0.25, 0.3) is 5.91 Å². The van der Waals surface area contributed by atoms with Crippen LogP contribution in [0.25, 0.3) is 10.9 Å². The number of hydrogen-bond donors (Lipinski definition) is 1. The van der Waals surface area contributed by atoms with Crippen molar-refractivity contribution < 1.29 is 14.3 Å². The molecule has 0 bridgehead atoms. The molecule has 0 atom stereocenters. The number of nitrogens with one attached hydrogen (secondary N) is 1. The first kappa shape index (κ1) is 17.8. The number of piperidine rings is 1. The van der Waals surface area contributed by atoms with E-state index in [2.05, 4.69) is 23.2 Å². The zero-order valence-corrected chi connectivity index (χ0v) is 16.4. The van der Waals surface area contributed by atoms with Gasteiger partial charge in [0.15, 0.2) is 11.5 Å². The van der Waals surface area contributed by atoms with E-state index in [1.807, 2.05) is 18.2 Å². The summed E-state index contributed by atoms with van der Waals surface area (Å²) in [7, 11) is 0. The highest BCUT2D eigenvalue weighted by Gasteiger charge is 2.17. The predicted molar refractivity (Wildman–Crippen MR) is 113 cm³/mol. The number of amides is 1. The van der Waals surface area contributed by atoms with Crippen molar-refractivity contribution in [2.45, 2.75) is 26.2 Å². The van der Waals surface area contributed by atoms with Gasteiger partial charge >= 0.3 is 0 Å². The Bertz CT molecular complexity index is 1090. The second-order valence-corrected chi connectivity index (χ2v) is 7.60. The molecule has 1 saturated heterocycles. The monoisotopic (exact) mass is 389 g/mol. The molecule has 3 aromatic rings. The highest BCUT2D eigenvalue weighted by Crippen LogP contribution is 2.33. The van der Waals surface area contributed by atoms with E-state index >= 15 is 0 Å². The summed E-state index contributed by atoms with van der Waals surface area (Å²) in [6.45, 7) is 4.43. The molecule has 6 nitrogen and oxygen atoms in total. The van der Waals surface area contributed by atoms with Crippen molar-refractivity contribution in [3.05, 3.63) is 53.6 Å². The number of aryl methyl sites for hydroxylation is 1. The summed E-state index contributed by atoms with van der Waals surface area (Å²) < 4.78 is 10.7. The number of pyridine rings is 1. The average molecular weight is 389 g/mol. The second kappa shape index (κ2) is 7.28. The maximum Gasteiger partial charge on any atom is 0.255 e. The van der Waals surface area contributed by atoms with Gasteiger partial charge in [0.2, 0.25) is 6.79 Å². The Kier molecular flexibility index (Phi) is 4.46. The van der Waals surface area contributed by atoms with Crippen molar-refractivity contribution in [3.8, 4) is 11.5 Å². The summed E-state index contributed by atoms with van der Waals surface area (Å²) in [4.78, 5) is 19.9. The van der Waals surface area contributed by atoms with Gasteiger partial charge < -0.3 is 19.7 Å². The number of aromatic nitrogens is 1. The molecule has 5 rings (SSSR count). The van der Waals surface area contributed by atoms with Crippen molar-refractivity contribution in [1.82, 2.24) is 4.98 Å². The Morgan fingerprint density at radius 2 is 1.83 bits per heavy atom. The quantitative estimate of drug-likeness (QED) is 0.714. The van der Waals surface area contributed by atoms with Crippen LogP contribution in [0.4, 0.5) is 11.5 Å². The minimum Gasteiger partial charge on any atom is -0.454 e. The third kappa shape index (κ3) is 3.46. The molecule has 0 unspecified atom stereocenters. The SMILES string of the molecule is Cc1cc(N2CCCCC2)nc2ccc(NC(=O)c3ccc4c(c3)OCO4)cc12. The fourth-order valence-corrected chi connectivity index (χ4v) is 3.98. The molecule has 1 amide bonds. The van der Waals surface area contributed by atoms with Crippen molar-refractivity contribution in [2.24, 2.45) is 0 Å². The van der Waals surface area contributed by atoms with E-state index in [4.69, 9.17) is 14.5 Å². The topological polar surface area (TPSA) is 63.7 Å². The number of benzene rings is 2. The zero-order chi connectivity index (χ0) is 19.8. The van der Waals surface area contributed by atoms with E-state index in [1.54, 1.807) is 18.2 Å². The zero-order valence-electron chi connectivity index (χ0n) is 16.4. The molecule has 1 aromatic heterocycles. The average Bonchev–Trinajstić information content (AvgIpc) is 3.22. The van der Waals surface area contributed by atoms with E-state index < -0.39 is 0 Å². The molecule has 0 radical (unpaired) electrons. The van der Waals surface area contributed by atoms with E-state index in [0.717, 1.165) is 41.1 Å². The number of nitrogens with zero attached hydrogens (tertiary/aromatic N) is 2. The number of rotatable bonds is 3. The second-order valence-electron chi connectivity index (χ2n) is 7.60. The first-order chi connectivity index (χ1) is 14.2. The molecule has 6 heteroatoms. The molecule has 0 saturated carbocycles. The molecule has 148 valence electrons. The lowest BCUT2D eigenvalue weighted by Gasteiger charge is -2.28. The first-order valence-corrected chi connectivity index (χ1v) is 10.0. The van der Waals surface area contributed by atoms with E-state index in [0.29, 0.717) is 17.1 Å². The van der Waals surface area contributed by atoms with Crippen molar-refractivity contribution in [1.29, 1.82) is 0 Å². The standard InChI is InChI=1S/C23H23N3O3/c1-15-11-22(26-9-3-2-4-10-26)25-19-7-6-17(13-18(15)19)24-23(27)16-5-8-20-21(12-16)29-14-28-20/h5-8,11-13H,2-4,9-10,14H2,1H3,(H,24,27). The van der Waals surface area contributed by atoms with Crippen LogP contribution in [0.15, 0.2) is 42.5 Å². The minimum absolute atomic E-state index is 0.182. The number of fused-ring (bicyclic) bond motifs is 2. The van der Waals surface area contributed by atoms with Crippen molar-refractivity contribution in [3.63, 3.8) is 0 Å². The van der Waals surface area contributed by atoms with Gasteiger partial charge in [-0.15, -0.1) is 0 Å². The number of hydrogen-bond acceptors (Lipinski definition) is 5. The molecular weight excluding hydrogens is 366 g/mol. The highest BCUT2D eigenvalue weighted by atomic mass is 16.7. The van der Waals surface area contributed by atoms with Crippen LogP contribution in [0.3, 0.4) is 0 Å². The number of ether oxygens (including phenoxy) is 2.